The maximum absolute atomic E-state index is 8.74. The molecule has 7 heteroatoms. The summed E-state index contributed by atoms with van der Waals surface area (Å²) >= 11 is 0. The fourth-order valence-corrected chi connectivity index (χ4v) is 1.39. The summed E-state index contributed by atoms with van der Waals surface area (Å²) in [6.45, 7) is 2.14. The summed E-state index contributed by atoms with van der Waals surface area (Å²) in [5.41, 5.74) is 1.35. The first-order valence-corrected chi connectivity index (χ1v) is 5.92. The van der Waals surface area contributed by atoms with Crippen molar-refractivity contribution in [2.45, 2.75) is 6.92 Å². The van der Waals surface area contributed by atoms with Crippen molar-refractivity contribution in [2.24, 2.45) is 0 Å². The Morgan fingerprint density at radius 2 is 1.44 bits per heavy atom. The Morgan fingerprint density at radius 3 is 1.94 bits per heavy atom. The van der Waals surface area contributed by atoms with Crippen LogP contribution in [0.5, 0.6) is 0 Å². The van der Waals surface area contributed by atoms with E-state index in [-0.39, 0.29) is 44.5 Å². The topological polar surface area (TPSA) is 74.6 Å². The largest absolute Gasteiger partial charge is 1.00 e. The molecule has 0 aliphatic rings. The van der Waals surface area contributed by atoms with Crippen LogP contribution in [0.4, 0.5) is 0 Å². The molecule has 0 heterocycles. The summed E-state index contributed by atoms with van der Waals surface area (Å²) in [6.07, 6.45) is 0. The van der Waals surface area contributed by atoms with Crippen LogP contribution in [0.2, 0.25) is 0 Å². The van der Waals surface area contributed by atoms with E-state index in [1.54, 1.807) is 0 Å². The van der Waals surface area contributed by atoms with Crippen molar-refractivity contribution in [3.63, 3.8) is 0 Å². The summed E-state index contributed by atoms with van der Waals surface area (Å²) < 4.78 is 31.6. The minimum atomic E-state index is -4.67. The van der Waals surface area contributed by atoms with Crippen molar-refractivity contribution >= 4 is 34.7 Å². The van der Waals surface area contributed by atoms with Gasteiger partial charge < -0.3 is 1.43 Å². The van der Waals surface area contributed by atoms with Gasteiger partial charge in [0, 0.05) is 0 Å². The smallest absolute Gasteiger partial charge is 1.00 e. The first-order valence-electron chi connectivity index (χ1n) is 4.52. The summed E-state index contributed by atoms with van der Waals surface area (Å²) in [5, 5.41) is 2.68. The fourth-order valence-electron chi connectivity index (χ4n) is 1.39. The van der Waals surface area contributed by atoms with Crippen LogP contribution < -0.4 is 29.6 Å². The van der Waals surface area contributed by atoms with Crippen LogP contribution in [0.15, 0.2) is 42.5 Å². The molecule has 0 aliphatic carbocycles. The molecule has 0 bridgehead atoms. The van der Waals surface area contributed by atoms with Gasteiger partial charge in [0.2, 0.25) is 0 Å². The van der Waals surface area contributed by atoms with E-state index in [0.717, 1.165) is 0 Å². The number of benzene rings is 2. The third kappa shape index (κ3) is 8.10. The summed E-state index contributed by atoms with van der Waals surface area (Å²) in [5.74, 6) is 0. The molecule has 0 fully saturated rings. The third-order valence-electron chi connectivity index (χ3n) is 2.01. The van der Waals surface area contributed by atoms with E-state index < -0.39 is 10.4 Å². The van der Waals surface area contributed by atoms with Crippen molar-refractivity contribution in [1.82, 2.24) is 0 Å². The van der Waals surface area contributed by atoms with Gasteiger partial charge in [-0.3, -0.25) is 9.11 Å². The van der Waals surface area contributed by atoms with Gasteiger partial charge >= 0.3 is 40.0 Å². The van der Waals surface area contributed by atoms with Crippen LogP contribution in [0, 0.1) is 6.92 Å². The average molecular weight is 298 g/mol. The summed E-state index contributed by atoms with van der Waals surface area (Å²) in [7, 11) is -4.67. The summed E-state index contributed by atoms with van der Waals surface area (Å²) in [6, 6.07) is 14.8. The van der Waals surface area contributed by atoms with Crippen molar-refractivity contribution < 1.29 is 48.5 Å². The third-order valence-corrected chi connectivity index (χ3v) is 2.01. The van der Waals surface area contributed by atoms with Crippen LogP contribution in [-0.2, 0) is 10.4 Å². The molecule has 0 aliphatic heterocycles. The molecule has 2 aromatic rings. The monoisotopic (exact) mass is 298 g/mol. The number of hydrogen-bond donors (Lipinski definition) is 2. The maximum Gasteiger partial charge on any atom is 1.00 e. The predicted molar refractivity (Wildman–Crippen MR) is 74.4 cm³/mol. The van der Waals surface area contributed by atoms with Gasteiger partial charge in [-0.05, 0) is 23.3 Å². The second-order valence-electron chi connectivity index (χ2n) is 3.24. The van der Waals surface area contributed by atoms with Gasteiger partial charge in [0.15, 0.2) is 0 Å². The second-order valence-corrected chi connectivity index (χ2v) is 4.14. The zero-order valence-electron chi connectivity index (χ0n) is 11.2. The number of aryl methyl sites for hydroxylation is 1. The van der Waals surface area contributed by atoms with Gasteiger partial charge in [-0.1, -0.05) is 42.5 Å². The maximum atomic E-state index is 8.74. The molecule has 2 aromatic carbocycles. The molecule has 0 amide bonds. The van der Waals surface area contributed by atoms with Crippen LogP contribution in [0.25, 0.3) is 10.8 Å². The predicted octanol–water partition coefficient (Wildman–Crippen LogP) is -0.275. The number of rotatable bonds is 0. The van der Waals surface area contributed by atoms with Crippen LogP contribution in [-0.4, -0.2) is 17.5 Å². The van der Waals surface area contributed by atoms with Gasteiger partial charge in [0.25, 0.3) is 0 Å². The molecule has 0 spiro atoms. The van der Waals surface area contributed by atoms with Crippen molar-refractivity contribution in [3.8, 4) is 0 Å². The molecule has 0 saturated heterocycles. The Hall–Kier alpha value is -0.0800. The molecule has 0 radical (unpaired) electrons. The number of fused-ring (bicyclic) bond motifs is 1. The van der Waals surface area contributed by atoms with Gasteiger partial charge in [-0.25, -0.2) is 0 Å². The van der Waals surface area contributed by atoms with E-state index in [9.17, 15) is 0 Å². The average Bonchev–Trinajstić information content (AvgIpc) is 2.16. The van der Waals surface area contributed by atoms with Gasteiger partial charge in [-0.15, -0.1) is 0 Å². The SMILES string of the molecule is Cc1cccc2ccccc12.O=S(=O)(O)O.S.[H-].[Na+]. The molecular formula is C11H15NaO4S2. The Bertz CT molecular complexity index is 577. The zero-order valence-corrected chi connectivity index (χ0v) is 14.0. The zero-order chi connectivity index (χ0) is 12.2. The van der Waals surface area contributed by atoms with Gasteiger partial charge in [0.1, 0.15) is 0 Å². The Morgan fingerprint density at radius 1 is 1.00 bits per heavy atom. The van der Waals surface area contributed by atoms with E-state index in [4.69, 9.17) is 17.5 Å². The van der Waals surface area contributed by atoms with Crippen LogP contribution in [0.1, 0.15) is 6.99 Å². The normalized spacial score (nSPS) is 9.50. The van der Waals surface area contributed by atoms with Gasteiger partial charge in [-0.2, -0.15) is 21.9 Å². The quantitative estimate of drug-likeness (QED) is 0.518. The molecule has 0 aromatic heterocycles. The number of hydrogen-bond acceptors (Lipinski definition) is 2. The second kappa shape index (κ2) is 8.92. The molecule has 96 valence electrons. The molecule has 2 rings (SSSR count). The van der Waals surface area contributed by atoms with E-state index in [1.165, 1.54) is 16.3 Å². The first kappa shape index (κ1) is 20.2. The molecular weight excluding hydrogens is 283 g/mol. The molecule has 0 saturated carbocycles. The molecule has 4 nitrogen and oxygen atoms in total. The minimum absolute atomic E-state index is 0. The molecule has 2 N–H and O–H groups in total. The van der Waals surface area contributed by atoms with Crippen molar-refractivity contribution in [3.05, 3.63) is 48.0 Å². The molecule has 0 atom stereocenters. The Balaban J connectivity index is -0.000000286. The van der Waals surface area contributed by atoms with Crippen LogP contribution >= 0.6 is 13.5 Å². The molecule has 18 heavy (non-hydrogen) atoms. The molecule has 0 unspecified atom stereocenters. The Labute approximate surface area is 137 Å². The van der Waals surface area contributed by atoms with Crippen molar-refractivity contribution in [1.29, 1.82) is 0 Å². The van der Waals surface area contributed by atoms with E-state index in [0.29, 0.717) is 0 Å². The van der Waals surface area contributed by atoms with Crippen LogP contribution in [0.3, 0.4) is 0 Å². The standard InChI is InChI=1S/C11H10.Na.H2O4S.H2S.H/c1-9-5-4-7-10-6-2-3-8-11(9)10;;1-5(2,3)4;;/h2-8H,1H3;;(H2,1,2,3,4);1H2;/q;+1;;;-1. The van der Waals surface area contributed by atoms with E-state index >= 15 is 0 Å². The minimum Gasteiger partial charge on any atom is -1.00 e. The van der Waals surface area contributed by atoms with Crippen molar-refractivity contribution in [2.75, 3.05) is 0 Å². The van der Waals surface area contributed by atoms with E-state index in [1.807, 2.05) is 0 Å². The van der Waals surface area contributed by atoms with Gasteiger partial charge in [0.05, 0.1) is 0 Å². The first-order chi connectivity index (χ1) is 7.38. The Kier molecular flexibility index (Phi) is 10.0. The van der Waals surface area contributed by atoms with E-state index in [2.05, 4.69) is 49.4 Å². The summed E-state index contributed by atoms with van der Waals surface area (Å²) in [4.78, 5) is 0. The fraction of sp³-hybridized carbons (Fsp3) is 0.0909.